The summed E-state index contributed by atoms with van der Waals surface area (Å²) in [6, 6.07) is 14.5. The number of aliphatic hydroxyl groups is 1. The van der Waals surface area contributed by atoms with E-state index in [4.69, 9.17) is 11.6 Å². The molecule has 0 spiro atoms. The minimum atomic E-state index is -0.261. The van der Waals surface area contributed by atoms with Crippen LogP contribution in [0.4, 0.5) is 4.79 Å². The zero-order valence-corrected chi connectivity index (χ0v) is 12.2. The highest BCUT2D eigenvalue weighted by atomic mass is 35.5. The van der Waals surface area contributed by atoms with E-state index in [2.05, 4.69) is 10.6 Å². The monoisotopic (exact) mass is 304 g/mol. The van der Waals surface area contributed by atoms with E-state index in [1.807, 2.05) is 42.5 Å². The largest absolute Gasteiger partial charge is 0.392 e. The fourth-order valence-electron chi connectivity index (χ4n) is 1.95. The summed E-state index contributed by atoms with van der Waals surface area (Å²) in [7, 11) is 0. The van der Waals surface area contributed by atoms with Gasteiger partial charge in [0.25, 0.3) is 0 Å². The van der Waals surface area contributed by atoms with Gasteiger partial charge >= 0.3 is 6.03 Å². The summed E-state index contributed by atoms with van der Waals surface area (Å²) >= 11 is 5.88. The van der Waals surface area contributed by atoms with Crippen molar-refractivity contribution in [3.8, 4) is 0 Å². The first kappa shape index (κ1) is 15.4. The van der Waals surface area contributed by atoms with Crippen molar-refractivity contribution in [1.29, 1.82) is 0 Å². The SMILES string of the molecule is O=C(NCc1cccc(Cl)c1)NCc1ccccc1CO. The third-order valence-electron chi connectivity index (χ3n) is 3.07. The van der Waals surface area contributed by atoms with Gasteiger partial charge < -0.3 is 15.7 Å². The quantitative estimate of drug-likeness (QED) is 0.795. The average Bonchev–Trinajstić information content (AvgIpc) is 2.51. The molecule has 21 heavy (non-hydrogen) atoms. The van der Waals surface area contributed by atoms with E-state index >= 15 is 0 Å². The Balaban J connectivity index is 1.82. The van der Waals surface area contributed by atoms with Crippen LogP contribution < -0.4 is 10.6 Å². The predicted molar refractivity (Wildman–Crippen MR) is 82.9 cm³/mol. The second-order valence-electron chi connectivity index (χ2n) is 4.59. The van der Waals surface area contributed by atoms with Gasteiger partial charge in [0.1, 0.15) is 0 Å². The highest BCUT2D eigenvalue weighted by Crippen LogP contribution is 2.10. The number of carbonyl (C=O) groups is 1. The van der Waals surface area contributed by atoms with Gasteiger partial charge in [-0.05, 0) is 28.8 Å². The third kappa shape index (κ3) is 4.77. The van der Waals surface area contributed by atoms with Gasteiger partial charge in [0.2, 0.25) is 0 Å². The molecule has 0 aliphatic heterocycles. The van der Waals surface area contributed by atoms with Gasteiger partial charge in [0, 0.05) is 18.1 Å². The first-order valence-corrected chi connectivity index (χ1v) is 7.00. The lowest BCUT2D eigenvalue weighted by Crippen LogP contribution is -2.34. The minimum absolute atomic E-state index is 0.0397. The number of halogens is 1. The zero-order valence-electron chi connectivity index (χ0n) is 11.5. The fourth-order valence-corrected chi connectivity index (χ4v) is 2.16. The molecule has 0 unspecified atom stereocenters. The van der Waals surface area contributed by atoms with Crippen molar-refractivity contribution < 1.29 is 9.90 Å². The maximum absolute atomic E-state index is 11.8. The van der Waals surface area contributed by atoms with Crippen LogP contribution in [0, 0.1) is 0 Å². The number of urea groups is 1. The van der Waals surface area contributed by atoms with E-state index in [1.54, 1.807) is 6.07 Å². The predicted octanol–water partition coefficient (Wildman–Crippen LogP) is 2.83. The molecule has 110 valence electrons. The van der Waals surface area contributed by atoms with E-state index < -0.39 is 0 Å². The smallest absolute Gasteiger partial charge is 0.315 e. The van der Waals surface area contributed by atoms with E-state index in [0.29, 0.717) is 18.1 Å². The van der Waals surface area contributed by atoms with Crippen LogP contribution in [0.3, 0.4) is 0 Å². The van der Waals surface area contributed by atoms with Gasteiger partial charge in [0.05, 0.1) is 6.61 Å². The molecule has 2 aromatic carbocycles. The van der Waals surface area contributed by atoms with E-state index in [0.717, 1.165) is 16.7 Å². The maximum Gasteiger partial charge on any atom is 0.315 e. The highest BCUT2D eigenvalue weighted by molar-refractivity contribution is 6.30. The lowest BCUT2D eigenvalue weighted by molar-refractivity contribution is 0.240. The van der Waals surface area contributed by atoms with Crippen LogP contribution in [-0.2, 0) is 19.7 Å². The van der Waals surface area contributed by atoms with Crippen molar-refractivity contribution in [3.63, 3.8) is 0 Å². The summed E-state index contributed by atoms with van der Waals surface area (Å²) < 4.78 is 0. The highest BCUT2D eigenvalue weighted by Gasteiger charge is 2.04. The summed E-state index contributed by atoms with van der Waals surface area (Å²) in [6.07, 6.45) is 0. The average molecular weight is 305 g/mol. The Bertz CT molecular complexity index is 617. The maximum atomic E-state index is 11.8. The Labute approximate surface area is 128 Å². The molecule has 0 aliphatic carbocycles. The van der Waals surface area contributed by atoms with Gasteiger partial charge in [-0.3, -0.25) is 0 Å². The molecular weight excluding hydrogens is 288 g/mol. The number of rotatable bonds is 5. The molecule has 0 aliphatic rings. The molecule has 5 heteroatoms. The van der Waals surface area contributed by atoms with Crippen molar-refractivity contribution in [2.24, 2.45) is 0 Å². The summed E-state index contributed by atoms with van der Waals surface area (Å²) in [5, 5.41) is 15.4. The Morgan fingerprint density at radius 1 is 1.00 bits per heavy atom. The second kappa shape index (κ2) is 7.67. The number of carbonyl (C=O) groups excluding carboxylic acids is 1. The Morgan fingerprint density at radius 3 is 2.43 bits per heavy atom. The summed E-state index contributed by atoms with van der Waals surface area (Å²) in [6.45, 7) is 0.744. The number of nitrogens with one attached hydrogen (secondary N) is 2. The lowest BCUT2D eigenvalue weighted by atomic mass is 10.1. The van der Waals surface area contributed by atoms with Crippen LogP contribution >= 0.6 is 11.6 Å². The van der Waals surface area contributed by atoms with E-state index in [9.17, 15) is 9.90 Å². The van der Waals surface area contributed by atoms with Crippen molar-refractivity contribution in [2.45, 2.75) is 19.7 Å². The van der Waals surface area contributed by atoms with Crippen molar-refractivity contribution in [3.05, 3.63) is 70.2 Å². The summed E-state index contributed by atoms with van der Waals surface area (Å²) in [4.78, 5) is 11.8. The van der Waals surface area contributed by atoms with Gasteiger partial charge in [0.15, 0.2) is 0 Å². The summed E-state index contributed by atoms with van der Waals surface area (Å²) in [5.74, 6) is 0. The van der Waals surface area contributed by atoms with Crippen LogP contribution in [0.5, 0.6) is 0 Å². The zero-order chi connectivity index (χ0) is 15.1. The van der Waals surface area contributed by atoms with E-state index in [-0.39, 0.29) is 12.6 Å². The number of hydrogen-bond donors (Lipinski definition) is 3. The number of hydrogen-bond acceptors (Lipinski definition) is 2. The van der Waals surface area contributed by atoms with Crippen molar-refractivity contribution >= 4 is 17.6 Å². The Hall–Kier alpha value is -2.04. The van der Waals surface area contributed by atoms with Crippen LogP contribution in [0.25, 0.3) is 0 Å². The molecule has 4 nitrogen and oxygen atoms in total. The minimum Gasteiger partial charge on any atom is -0.392 e. The molecule has 2 aromatic rings. The van der Waals surface area contributed by atoms with E-state index in [1.165, 1.54) is 0 Å². The van der Waals surface area contributed by atoms with Crippen LogP contribution in [0.2, 0.25) is 5.02 Å². The van der Waals surface area contributed by atoms with Crippen molar-refractivity contribution in [1.82, 2.24) is 10.6 Å². The van der Waals surface area contributed by atoms with Gasteiger partial charge in [-0.25, -0.2) is 4.79 Å². The molecule has 0 saturated heterocycles. The Morgan fingerprint density at radius 2 is 1.71 bits per heavy atom. The Kier molecular flexibility index (Phi) is 5.60. The van der Waals surface area contributed by atoms with Crippen LogP contribution in [0.1, 0.15) is 16.7 Å². The molecule has 3 N–H and O–H groups in total. The normalized spacial score (nSPS) is 10.2. The van der Waals surface area contributed by atoms with Gasteiger partial charge in [-0.15, -0.1) is 0 Å². The first-order valence-electron chi connectivity index (χ1n) is 6.63. The third-order valence-corrected chi connectivity index (χ3v) is 3.31. The number of benzene rings is 2. The van der Waals surface area contributed by atoms with Crippen LogP contribution in [-0.4, -0.2) is 11.1 Å². The molecule has 0 heterocycles. The number of amides is 2. The standard InChI is InChI=1S/C16H17ClN2O2/c17-15-7-3-4-12(8-15)9-18-16(21)19-10-13-5-1-2-6-14(13)11-20/h1-8,20H,9-11H2,(H2,18,19,21). The second-order valence-corrected chi connectivity index (χ2v) is 5.03. The fraction of sp³-hybridized carbons (Fsp3) is 0.188. The first-order chi connectivity index (χ1) is 10.2. The molecule has 0 radical (unpaired) electrons. The molecule has 0 fully saturated rings. The molecule has 0 saturated carbocycles. The summed E-state index contributed by atoms with van der Waals surface area (Å²) in [5.41, 5.74) is 2.65. The molecule has 2 rings (SSSR count). The van der Waals surface area contributed by atoms with Gasteiger partial charge in [-0.2, -0.15) is 0 Å². The van der Waals surface area contributed by atoms with Gasteiger partial charge in [-0.1, -0.05) is 48.0 Å². The molecule has 2 amide bonds. The number of aliphatic hydroxyl groups excluding tert-OH is 1. The lowest BCUT2D eigenvalue weighted by Gasteiger charge is -2.10. The molecular formula is C16H17ClN2O2. The molecule has 0 aromatic heterocycles. The van der Waals surface area contributed by atoms with Crippen LogP contribution in [0.15, 0.2) is 48.5 Å². The molecule has 0 atom stereocenters. The molecule has 0 bridgehead atoms. The van der Waals surface area contributed by atoms with Crippen molar-refractivity contribution in [2.75, 3.05) is 0 Å². The topological polar surface area (TPSA) is 61.4 Å².